The molecule has 0 aliphatic carbocycles. The van der Waals surface area contributed by atoms with E-state index in [0.29, 0.717) is 60.4 Å². The molecule has 4 aliphatic rings. The minimum atomic E-state index is -1.62. The first-order chi connectivity index (χ1) is 39.2. The number of fused-ring (bicyclic) bond motifs is 4. The third-order valence-corrected chi connectivity index (χ3v) is 16.0. The number of rotatable bonds is 15. The van der Waals surface area contributed by atoms with Gasteiger partial charge in [-0.25, -0.2) is 9.59 Å². The van der Waals surface area contributed by atoms with E-state index in [2.05, 4.69) is 46.8 Å². The van der Waals surface area contributed by atoms with Crippen LogP contribution in [0.3, 0.4) is 0 Å². The van der Waals surface area contributed by atoms with Gasteiger partial charge in [0.1, 0.15) is 11.5 Å². The number of hydrogen-bond donors (Lipinski definition) is 6. The van der Waals surface area contributed by atoms with E-state index in [4.69, 9.17) is 24.0 Å². The van der Waals surface area contributed by atoms with Crippen molar-refractivity contribution in [3.63, 3.8) is 0 Å². The lowest BCUT2D eigenvalue weighted by Gasteiger charge is -2.36. The zero-order chi connectivity index (χ0) is 57.4. The zero-order valence-corrected chi connectivity index (χ0v) is 46.8. The standard InChI is InChI=1S/C29H30N2O4.C22H25BrN2O2.C7H7BO4.C5H4O2/c1-2-30-28(32)20-10-8-19(9-11-20)27(21-5-3-6-22(15-21)29(33)34)23-16-24-12-13-25(17-23)31(24)18-26-7-4-14-35-26;1-2-24-22(26)16-7-5-15(6-8-16)21(23)17-12-18-9-10-19(13-17)25(18)14-20-4-3-11-27-20;9-7(10)5-2-1-3-6(4-5)8(11)12;6-4-5-2-1-3-7-5/h3-11,14-15,24-25H,2,12-13,16-18H2,1H3,(H,30,32)(H,33,34);3-8,11,18-19H,2,9-10,12-14H2,1H3,(H,24,26);1-4,11-12H,(H,9,10);1-4H. The second-order valence-corrected chi connectivity index (χ2v) is 21.0. The summed E-state index contributed by atoms with van der Waals surface area (Å²) in [6.45, 7) is 6.78. The summed E-state index contributed by atoms with van der Waals surface area (Å²) in [4.78, 5) is 61.3. The Balaban J connectivity index is 0.000000163. The molecular weight excluding hydrogens is 1100 g/mol. The van der Waals surface area contributed by atoms with Crippen molar-refractivity contribution in [2.45, 2.75) is 102 Å². The minimum absolute atomic E-state index is 0.0166. The van der Waals surface area contributed by atoms with Crippen molar-refractivity contribution in [1.29, 1.82) is 0 Å². The monoisotopic (exact) mass is 1160 g/mol. The number of piperidine rings is 2. The molecule has 4 bridgehead atoms. The third kappa shape index (κ3) is 15.5. The van der Waals surface area contributed by atoms with Crippen LogP contribution in [0.15, 0.2) is 177 Å². The lowest BCUT2D eigenvalue weighted by molar-refractivity contribution is 0.0686. The summed E-state index contributed by atoms with van der Waals surface area (Å²) < 4.78 is 17.0. The van der Waals surface area contributed by atoms with E-state index in [1.807, 2.05) is 92.7 Å². The third-order valence-electron chi connectivity index (χ3n) is 15.0. The van der Waals surface area contributed by atoms with Crippen LogP contribution in [0, 0.1) is 0 Å². The number of carbonyl (C=O) groups excluding carboxylic acids is 3. The molecule has 4 aromatic carbocycles. The maximum atomic E-state index is 12.3. The number of furan rings is 3. The Morgan fingerprint density at radius 1 is 0.543 bits per heavy atom. The first-order valence-electron chi connectivity index (χ1n) is 27.2. The van der Waals surface area contributed by atoms with E-state index in [9.17, 15) is 29.1 Å². The van der Waals surface area contributed by atoms with Gasteiger partial charge in [-0.05, 0) is 178 Å². The highest BCUT2D eigenvalue weighted by Crippen LogP contribution is 2.45. The summed E-state index contributed by atoms with van der Waals surface area (Å²) in [5.74, 6) is 0.292. The number of carbonyl (C=O) groups is 5. The highest BCUT2D eigenvalue weighted by Gasteiger charge is 2.41. The van der Waals surface area contributed by atoms with Crippen LogP contribution in [0.4, 0.5) is 0 Å². The van der Waals surface area contributed by atoms with Crippen LogP contribution in [0.2, 0.25) is 0 Å². The average Bonchev–Trinajstić information content (AvgIpc) is 4.40. The summed E-state index contributed by atoms with van der Waals surface area (Å²) in [6, 6.07) is 41.6. The first kappa shape index (κ1) is 59.3. The Bertz CT molecular complexity index is 3250. The van der Waals surface area contributed by atoms with Crippen LogP contribution >= 0.6 is 15.9 Å². The molecule has 7 heterocycles. The highest BCUT2D eigenvalue weighted by molar-refractivity contribution is 9.15. The number of nitrogens with zero attached hydrogens (tertiary/aromatic N) is 2. The molecular formula is C63H66BBrN4O12. The number of halogens is 1. The molecule has 7 aromatic rings. The van der Waals surface area contributed by atoms with E-state index in [1.54, 1.807) is 36.8 Å². The van der Waals surface area contributed by atoms with Gasteiger partial charge < -0.3 is 44.1 Å². The molecule has 81 heavy (non-hydrogen) atoms. The molecule has 4 saturated heterocycles. The maximum Gasteiger partial charge on any atom is 0.488 e. The number of amides is 2. The molecule has 6 N–H and O–H groups in total. The molecule has 18 heteroatoms. The van der Waals surface area contributed by atoms with E-state index >= 15 is 0 Å². The Morgan fingerprint density at radius 2 is 0.975 bits per heavy atom. The Kier molecular flexibility index (Phi) is 20.9. The molecule has 4 atom stereocenters. The molecule has 0 saturated carbocycles. The van der Waals surface area contributed by atoms with Crippen molar-refractivity contribution < 1.29 is 57.5 Å². The molecule has 3 aromatic heterocycles. The summed E-state index contributed by atoms with van der Waals surface area (Å²) in [6.07, 6.45) is 14.5. The predicted molar refractivity (Wildman–Crippen MR) is 312 cm³/mol. The molecule has 16 nitrogen and oxygen atoms in total. The van der Waals surface area contributed by atoms with Crippen LogP contribution in [0.1, 0.15) is 145 Å². The summed E-state index contributed by atoms with van der Waals surface area (Å²) in [5.41, 5.74) is 8.81. The van der Waals surface area contributed by atoms with Crippen molar-refractivity contribution in [3.8, 4) is 0 Å². The van der Waals surface area contributed by atoms with Crippen molar-refractivity contribution in [3.05, 3.63) is 220 Å². The second-order valence-electron chi connectivity index (χ2n) is 20.2. The van der Waals surface area contributed by atoms with Crippen LogP contribution in [-0.4, -0.2) is 104 Å². The molecule has 11 rings (SSSR count). The number of aldehydes is 1. The quantitative estimate of drug-likeness (QED) is 0.0414. The summed E-state index contributed by atoms with van der Waals surface area (Å²) in [5, 5.41) is 41.2. The number of benzene rings is 4. The van der Waals surface area contributed by atoms with Crippen molar-refractivity contribution in [2.75, 3.05) is 13.1 Å². The summed E-state index contributed by atoms with van der Waals surface area (Å²) >= 11 is 3.85. The van der Waals surface area contributed by atoms with E-state index in [-0.39, 0.29) is 28.4 Å². The Labute approximate surface area is 479 Å². The molecule has 4 unspecified atom stereocenters. The number of nitrogens with one attached hydrogen (secondary N) is 2. The molecule has 4 fully saturated rings. The van der Waals surface area contributed by atoms with Gasteiger partial charge in [-0.2, -0.15) is 0 Å². The number of carboxylic acid groups (broad SMARTS) is 2. The molecule has 4 aliphatic heterocycles. The van der Waals surface area contributed by atoms with Crippen LogP contribution in [0.5, 0.6) is 0 Å². The fourth-order valence-corrected chi connectivity index (χ4v) is 11.7. The fourth-order valence-electron chi connectivity index (χ4n) is 11.1. The number of hydrogen-bond acceptors (Lipinski definition) is 12. The summed E-state index contributed by atoms with van der Waals surface area (Å²) in [7, 11) is -1.62. The van der Waals surface area contributed by atoms with Gasteiger partial charge in [-0.15, -0.1) is 0 Å². The Hall–Kier alpha value is -7.87. The lowest BCUT2D eigenvalue weighted by Crippen LogP contribution is -2.40. The smallest absolute Gasteiger partial charge is 0.478 e. The van der Waals surface area contributed by atoms with Gasteiger partial charge >= 0.3 is 19.1 Å². The SMILES string of the molecule is CCNC(=O)c1ccc(C(=C2CC3CCC(C2)N3Cc2ccco2)c2cccc(C(=O)O)c2)cc1.CCNC(=O)c1ccc(C(Br)=C2CC3CCC(C2)N3Cc2ccco2)cc1.O=C(O)c1cccc(B(O)O)c1.O=Cc1ccco1. The van der Waals surface area contributed by atoms with Crippen LogP contribution < -0.4 is 16.1 Å². The second kappa shape index (κ2) is 28.5. The zero-order valence-electron chi connectivity index (χ0n) is 45.2. The van der Waals surface area contributed by atoms with Gasteiger partial charge in [0.25, 0.3) is 11.8 Å². The van der Waals surface area contributed by atoms with Crippen LogP contribution in [0.25, 0.3) is 10.1 Å². The van der Waals surface area contributed by atoms with Gasteiger partial charge in [-0.3, -0.25) is 24.2 Å². The lowest BCUT2D eigenvalue weighted by atomic mass is 9.80. The van der Waals surface area contributed by atoms with Gasteiger partial charge in [0.15, 0.2) is 12.0 Å². The van der Waals surface area contributed by atoms with Gasteiger partial charge in [0, 0.05) is 52.9 Å². The number of carboxylic acids is 2. The highest BCUT2D eigenvalue weighted by atomic mass is 79.9. The molecule has 420 valence electrons. The molecule has 2 amide bonds. The Morgan fingerprint density at radius 3 is 1.40 bits per heavy atom. The van der Waals surface area contributed by atoms with E-state index in [1.165, 1.54) is 59.0 Å². The fraction of sp³-hybridized carbons (Fsp3) is 0.286. The largest absolute Gasteiger partial charge is 0.488 e. The normalized spacial score (nSPS) is 17.9. The number of aromatic carboxylic acids is 2. The minimum Gasteiger partial charge on any atom is -0.478 e. The van der Waals surface area contributed by atoms with Crippen molar-refractivity contribution in [2.24, 2.45) is 0 Å². The topological polar surface area (TPSA) is 236 Å². The maximum absolute atomic E-state index is 12.3. The first-order valence-corrected chi connectivity index (χ1v) is 28.0. The predicted octanol–water partition coefficient (Wildman–Crippen LogP) is 10.5. The molecule has 0 spiro atoms. The average molecular weight is 1160 g/mol. The van der Waals surface area contributed by atoms with Gasteiger partial charge in [0.05, 0.1) is 43.0 Å². The van der Waals surface area contributed by atoms with E-state index in [0.717, 1.165) is 85.4 Å². The van der Waals surface area contributed by atoms with Gasteiger partial charge in [0.2, 0.25) is 0 Å². The van der Waals surface area contributed by atoms with Crippen molar-refractivity contribution >= 4 is 68.6 Å². The van der Waals surface area contributed by atoms with E-state index < -0.39 is 19.1 Å². The molecule has 0 radical (unpaired) electrons. The van der Waals surface area contributed by atoms with Crippen molar-refractivity contribution in [1.82, 2.24) is 20.4 Å². The van der Waals surface area contributed by atoms with Crippen LogP contribution in [-0.2, 0) is 13.1 Å². The van der Waals surface area contributed by atoms with Gasteiger partial charge in [-0.1, -0.05) is 75.6 Å².